The van der Waals surface area contributed by atoms with Gasteiger partial charge >= 0.3 is 6.09 Å². The first-order valence-corrected chi connectivity index (χ1v) is 8.39. The SMILES string of the molecule is CCn1cc(NCCN(C(=O)OC(C)(C)C)C(C)(C)C)ccc1=O. The standard InChI is InChI=1S/C18H31N3O3/c1-8-20-13-14(9-10-15(20)22)19-11-12-21(17(2,3)4)16(23)24-18(5,6)7/h9-10,13,19H,8,11-12H2,1-7H3. The van der Waals surface area contributed by atoms with E-state index in [4.69, 9.17) is 4.74 Å². The highest BCUT2D eigenvalue weighted by Crippen LogP contribution is 2.18. The minimum Gasteiger partial charge on any atom is -0.444 e. The van der Waals surface area contributed by atoms with Crippen molar-refractivity contribution in [2.75, 3.05) is 18.4 Å². The van der Waals surface area contributed by atoms with Crippen molar-refractivity contribution < 1.29 is 9.53 Å². The van der Waals surface area contributed by atoms with E-state index < -0.39 is 5.60 Å². The second-order valence-corrected chi connectivity index (χ2v) is 7.77. The fraction of sp³-hybridized carbons (Fsp3) is 0.667. The minimum absolute atomic E-state index is 0.0203. The van der Waals surface area contributed by atoms with Crippen molar-refractivity contribution in [1.82, 2.24) is 9.47 Å². The number of carbonyl (C=O) groups is 1. The number of hydrogen-bond donors (Lipinski definition) is 1. The van der Waals surface area contributed by atoms with Crippen LogP contribution in [-0.2, 0) is 11.3 Å². The Kier molecular flexibility index (Phi) is 6.46. The third kappa shape index (κ3) is 6.26. The second kappa shape index (κ2) is 7.73. The molecule has 1 aromatic rings. The number of aromatic nitrogens is 1. The summed E-state index contributed by atoms with van der Waals surface area (Å²) in [7, 11) is 0. The average molecular weight is 337 g/mol. The molecule has 0 aliphatic heterocycles. The van der Waals surface area contributed by atoms with Crippen molar-refractivity contribution in [3.05, 3.63) is 28.7 Å². The zero-order valence-electron chi connectivity index (χ0n) is 16.0. The smallest absolute Gasteiger partial charge is 0.410 e. The number of hydrogen-bond acceptors (Lipinski definition) is 4. The summed E-state index contributed by atoms with van der Waals surface area (Å²) < 4.78 is 7.13. The van der Waals surface area contributed by atoms with E-state index in [1.165, 1.54) is 0 Å². The van der Waals surface area contributed by atoms with Crippen LogP contribution in [-0.4, -0.2) is 39.8 Å². The molecule has 0 spiro atoms. The maximum absolute atomic E-state index is 12.4. The van der Waals surface area contributed by atoms with Gasteiger partial charge < -0.3 is 19.5 Å². The summed E-state index contributed by atoms with van der Waals surface area (Å²) in [5, 5.41) is 3.26. The largest absolute Gasteiger partial charge is 0.444 e. The Morgan fingerprint density at radius 3 is 2.33 bits per heavy atom. The normalized spacial score (nSPS) is 12.0. The molecule has 0 radical (unpaired) electrons. The highest BCUT2D eigenvalue weighted by Gasteiger charge is 2.30. The maximum Gasteiger partial charge on any atom is 0.410 e. The van der Waals surface area contributed by atoms with E-state index in [-0.39, 0.29) is 17.2 Å². The van der Waals surface area contributed by atoms with Gasteiger partial charge in [-0.3, -0.25) is 4.79 Å². The lowest BCUT2D eigenvalue weighted by atomic mass is 10.1. The topological polar surface area (TPSA) is 63.6 Å². The highest BCUT2D eigenvalue weighted by molar-refractivity contribution is 5.69. The number of pyridine rings is 1. The molecule has 0 aromatic carbocycles. The first-order chi connectivity index (χ1) is 10.9. The van der Waals surface area contributed by atoms with Crippen LogP contribution in [0.2, 0.25) is 0 Å². The molecular formula is C18H31N3O3. The molecule has 6 nitrogen and oxygen atoms in total. The molecular weight excluding hydrogens is 306 g/mol. The third-order valence-electron chi connectivity index (χ3n) is 3.41. The van der Waals surface area contributed by atoms with Gasteiger partial charge in [-0.05, 0) is 54.5 Å². The minimum atomic E-state index is -0.523. The van der Waals surface area contributed by atoms with Crippen molar-refractivity contribution >= 4 is 11.8 Å². The fourth-order valence-electron chi connectivity index (χ4n) is 2.21. The van der Waals surface area contributed by atoms with Gasteiger partial charge in [0.2, 0.25) is 0 Å². The molecule has 1 amide bonds. The van der Waals surface area contributed by atoms with Gasteiger partial charge in [-0.25, -0.2) is 4.79 Å². The predicted octanol–water partition coefficient (Wildman–Crippen LogP) is 3.32. The molecule has 6 heteroatoms. The average Bonchev–Trinajstić information content (AvgIpc) is 2.41. The van der Waals surface area contributed by atoms with E-state index in [9.17, 15) is 9.59 Å². The van der Waals surface area contributed by atoms with Crippen LogP contribution < -0.4 is 10.9 Å². The quantitative estimate of drug-likeness (QED) is 0.895. The summed E-state index contributed by atoms with van der Waals surface area (Å²) in [4.78, 5) is 25.7. The van der Waals surface area contributed by atoms with Crippen LogP contribution >= 0.6 is 0 Å². The Morgan fingerprint density at radius 2 is 1.83 bits per heavy atom. The molecule has 0 aliphatic rings. The highest BCUT2D eigenvalue weighted by atomic mass is 16.6. The molecule has 24 heavy (non-hydrogen) atoms. The maximum atomic E-state index is 12.4. The second-order valence-electron chi connectivity index (χ2n) is 7.77. The lowest BCUT2D eigenvalue weighted by molar-refractivity contribution is 0.00749. The first-order valence-electron chi connectivity index (χ1n) is 8.39. The van der Waals surface area contributed by atoms with Gasteiger partial charge in [0, 0.05) is 37.4 Å². The van der Waals surface area contributed by atoms with Crippen LogP contribution in [0.15, 0.2) is 23.1 Å². The Balaban J connectivity index is 2.73. The van der Waals surface area contributed by atoms with E-state index in [0.717, 1.165) is 5.69 Å². The number of nitrogens with one attached hydrogen (secondary N) is 1. The molecule has 0 saturated heterocycles. The molecule has 1 aromatic heterocycles. The van der Waals surface area contributed by atoms with Gasteiger partial charge in [-0.2, -0.15) is 0 Å². The van der Waals surface area contributed by atoms with E-state index in [1.807, 2.05) is 48.5 Å². The molecule has 1 N–H and O–H groups in total. The van der Waals surface area contributed by atoms with E-state index in [2.05, 4.69) is 5.32 Å². The third-order valence-corrected chi connectivity index (χ3v) is 3.41. The van der Waals surface area contributed by atoms with Crippen LogP contribution in [0.25, 0.3) is 0 Å². The summed E-state index contributed by atoms with van der Waals surface area (Å²) in [6.45, 7) is 15.1. The molecule has 0 fully saturated rings. The van der Waals surface area contributed by atoms with Gasteiger partial charge in [-0.1, -0.05) is 0 Å². The number of amides is 1. The molecule has 0 saturated carbocycles. The van der Waals surface area contributed by atoms with Gasteiger partial charge in [0.05, 0.1) is 5.69 Å². The van der Waals surface area contributed by atoms with Crippen molar-refractivity contribution in [1.29, 1.82) is 0 Å². The molecule has 0 aliphatic carbocycles. The molecule has 1 rings (SSSR count). The number of anilines is 1. The number of carbonyl (C=O) groups excluding carboxylic acids is 1. The van der Waals surface area contributed by atoms with Crippen LogP contribution in [0, 0.1) is 0 Å². The summed E-state index contributed by atoms with van der Waals surface area (Å²) >= 11 is 0. The van der Waals surface area contributed by atoms with E-state index >= 15 is 0 Å². The Bertz CT molecular complexity index is 609. The summed E-state index contributed by atoms with van der Waals surface area (Å²) in [5.41, 5.74) is -0.0285. The van der Waals surface area contributed by atoms with Crippen molar-refractivity contribution in [2.45, 2.75) is 66.2 Å². The summed E-state index contributed by atoms with van der Waals surface area (Å²) in [6, 6.07) is 3.30. The Hall–Kier alpha value is -1.98. The van der Waals surface area contributed by atoms with E-state index in [1.54, 1.807) is 27.8 Å². The zero-order chi connectivity index (χ0) is 18.5. The summed E-state index contributed by atoms with van der Waals surface area (Å²) in [5.74, 6) is 0. The van der Waals surface area contributed by atoms with Gasteiger partial charge in [0.1, 0.15) is 5.60 Å². The van der Waals surface area contributed by atoms with Gasteiger partial charge in [-0.15, -0.1) is 0 Å². The van der Waals surface area contributed by atoms with Crippen LogP contribution in [0.4, 0.5) is 10.5 Å². The van der Waals surface area contributed by atoms with Crippen molar-refractivity contribution in [3.8, 4) is 0 Å². The molecule has 136 valence electrons. The lowest BCUT2D eigenvalue weighted by Crippen LogP contribution is -2.49. The molecule has 0 atom stereocenters. The molecule has 0 unspecified atom stereocenters. The Morgan fingerprint density at radius 1 is 1.21 bits per heavy atom. The van der Waals surface area contributed by atoms with Gasteiger partial charge in [0.25, 0.3) is 5.56 Å². The number of aryl methyl sites for hydroxylation is 1. The molecule has 1 heterocycles. The van der Waals surface area contributed by atoms with Crippen molar-refractivity contribution in [2.24, 2.45) is 0 Å². The van der Waals surface area contributed by atoms with E-state index in [0.29, 0.717) is 19.6 Å². The number of ether oxygens (including phenoxy) is 1. The lowest BCUT2D eigenvalue weighted by Gasteiger charge is -2.37. The molecule has 0 bridgehead atoms. The summed E-state index contributed by atoms with van der Waals surface area (Å²) in [6.07, 6.45) is 1.47. The Labute approximate surface area is 144 Å². The fourth-order valence-corrected chi connectivity index (χ4v) is 2.21. The number of nitrogens with zero attached hydrogens (tertiary/aromatic N) is 2. The van der Waals surface area contributed by atoms with Crippen LogP contribution in [0.5, 0.6) is 0 Å². The first kappa shape index (κ1) is 20.1. The van der Waals surface area contributed by atoms with Crippen LogP contribution in [0.1, 0.15) is 48.5 Å². The van der Waals surface area contributed by atoms with Gasteiger partial charge in [0.15, 0.2) is 0 Å². The van der Waals surface area contributed by atoms with Crippen LogP contribution in [0.3, 0.4) is 0 Å². The predicted molar refractivity (Wildman–Crippen MR) is 97.6 cm³/mol. The zero-order valence-corrected chi connectivity index (χ0v) is 16.0. The number of rotatable bonds is 5. The monoisotopic (exact) mass is 337 g/mol. The van der Waals surface area contributed by atoms with Crippen molar-refractivity contribution in [3.63, 3.8) is 0 Å².